The molecule has 0 aromatic heterocycles. The molecule has 2 aliphatic heterocycles. The Labute approximate surface area is 222 Å². The molecule has 1 aliphatic carbocycles. The second-order valence-electron chi connectivity index (χ2n) is 10.7. The van der Waals surface area contributed by atoms with Gasteiger partial charge in [-0.1, -0.05) is 0 Å². The Kier molecular flexibility index (Phi) is 12.1. The fraction of sp³-hybridized carbons (Fsp3) is 0.917. The summed E-state index contributed by atoms with van der Waals surface area (Å²) < 4.78 is 23.7. The van der Waals surface area contributed by atoms with E-state index in [1.807, 2.05) is 6.08 Å². The van der Waals surface area contributed by atoms with Crippen LogP contribution >= 0.6 is 0 Å². The van der Waals surface area contributed by atoms with Crippen molar-refractivity contribution in [1.29, 1.82) is 0 Å². The second kappa shape index (κ2) is 14.6. The van der Waals surface area contributed by atoms with Gasteiger partial charge in [0.2, 0.25) is 0 Å². The van der Waals surface area contributed by atoms with Crippen molar-refractivity contribution >= 4 is 0 Å². The van der Waals surface area contributed by atoms with Crippen LogP contribution < -0.4 is 22.1 Å². The van der Waals surface area contributed by atoms with E-state index in [0.717, 1.165) is 0 Å². The Bertz CT molecular complexity index is 747. The van der Waals surface area contributed by atoms with E-state index < -0.39 is 66.9 Å². The van der Waals surface area contributed by atoms with Crippen molar-refractivity contribution in [1.82, 2.24) is 10.6 Å². The minimum atomic E-state index is -1.24. The highest BCUT2D eigenvalue weighted by atomic mass is 16.7. The quantitative estimate of drug-likeness (QED) is 0.105. The highest BCUT2D eigenvalue weighted by Gasteiger charge is 2.48. The minimum absolute atomic E-state index is 0.0400. The molecular weight excluding hydrogens is 504 g/mol. The molecule has 0 amide bonds. The van der Waals surface area contributed by atoms with Crippen molar-refractivity contribution in [2.24, 2.45) is 11.5 Å². The molecule has 2 heterocycles. The maximum Gasteiger partial charge on any atom is 0.200 e. The molecule has 3 rings (SSSR count). The Morgan fingerprint density at radius 3 is 2.63 bits per heavy atom. The number of aliphatic hydroxyl groups is 6. The summed E-state index contributed by atoms with van der Waals surface area (Å²) >= 11 is 0. The topological polar surface area (TPSA) is 234 Å². The smallest absolute Gasteiger partial charge is 0.200 e. The minimum Gasteiger partial charge on any atom is -0.468 e. The van der Waals surface area contributed by atoms with Crippen molar-refractivity contribution in [3.63, 3.8) is 0 Å². The summed E-state index contributed by atoms with van der Waals surface area (Å²) in [5, 5.41) is 66.6. The van der Waals surface area contributed by atoms with Crippen molar-refractivity contribution in [3.8, 4) is 0 Å². The number of allylic oxidation sites excluding steroid dienone is 1. The van der Waals surface area contributed by atoms with Gasteiger partial charge in [-0.25, -0.2) is 0 Å². The molecule has 0 bridgehead atoms. The molecule has 7 unspecified atom stereocenters. The lowest BCUT2D eigenvalue weighted by atomic mass is 9.83. The lowest BCUT2D eigenvalue weighted by Gasteiger charge is -2.47. The standard InChI is InChI=1S/C24H46N4O10/c1-24(34)6-18(32)23(35-12-24)38-22-17(28-9-13(30)7-25)5-16(26)21(20(22)33)37-19-4-2-3-15(36-19)10-27-8-14(31)11-29/h3,13-14,16-23,27-34H,2,4-12,25-26H2,1H3/t13?,14?,16?,17?,18?,19-,20?,21-,22+,23?,24-/m1/s1. The molecule has 14 heteroatoms. The molecule has 12 N–H and O–H groups in total. The molecule has 38 heavy (non-hydrogen) atoms. The van der Waals surface area contributed by atoms with Gasteiger partial charge in [-0.3, -0.25) is 0 Å². The van der Waals surface area contributed by atoms with Crippen LogP contribution in [-0.2, 0) is 18.9 Å². The predicted molar refractivity (Wildman–Crippen MR) is 134 cm³/mol. The summed E-state index contributed by atoms with van der Waals surface area (Å²) in [6.07, 6.45) is -4.12. The first kappa shape index (κ1) is 31.5. The Morgan fingerprint density at radius 2 is 1.95 bits per heavy atom. The Balaban J connectivity index is 1.64. The number of ether oxygens (including phenoxy) is 4. The van der Waals surface area contributed by atoms with Crippen LogP contribution in [0.25, 0.3) is 0 Å². The monoisotopic (exact) mass is 550 g/mol. The van der Waals surface area contributed by atoms with E-state index in [9.17, 15) is 25.5 Å². The van der Waals surface area contributed by atoms with Gasteiger partial charge in [-0.15, -0.1) is 0 Å². The van der Waals surface area contributed by atoms with E-state index in [-0.39, 0.29) is 39.3 Å². The predicted octanol–water partition coefficient (Wildman–Crippen LogP) is -4.05. The average Bonchev–Trinajstić information content (AvgIpc) is 2.87. The molecule has 1 saturated carbocycles. The molecule has 14 nitrogen and oxygen atoms in total. The van der Waals surface area contributed by atoms with Crippen LogP contribution in [0.4, 0.5) is 0 Å². The highest BCUT2D eigenvalue weighted by molar-refractivity contribution is 5.03. The SMILES string of the molecule is C[C@]1(O)COC(O[C@H]2C(NCC(O)CN)CC(N)[C@@H](O[C@@H]3CCC=C(CNCC(O)CO)O3)C2O)C(O)C1. The zero-order valence-corrected chi connectivity index (χ0v) is 21.9. The Morgan fingerprint density at radius 1 is 1.18 bits per heavy atom. The van der Waals surface area contributed by atoms with Gasteiger partial charge in [0.15, 0.2) is 12.6 Å². The van der Waals surface area contributed by atoms with Crippen LogP contribution in [0, 0.1) is 0 Å². The van der Waals surface area contributed by atoms with E-state index in [1.54, 1.807) is 6.92 Å². The van der Waals surface area contributed by atoms with E-state index in [2.05, 4.69) is 10.6 Å². The highest BCUT2D eigenvalue weighted by Crippen LogP contribution is 2.31. The number of aliphatic hydroxyl groups excluding tert-OH is 5. The number of rotatable bonds is 13. The van der Waals surface area contributed by atoms with Gasteiger partial charge < -0.3 is 71.7 Å². The first-order valence-corrected chi connectivity index (χ1v) is 13.3. The molecule has 222 valence electrons. The maximum atomic E-state index is 11.4. The van der Waals surface area contributed by atoms with Crippen LogP contribution in [0.5, 0.6) is 0 Å². The summed E-state index contributed by atoms with van der Waals surface area (Å²) in [6, 6.07) is -1.12. The zero-order valence-electron chi connectivity index (χ0n) is 21.9. The summed E-state index contributed by atoms with van der Waals surface area (Å²) in [5.74, 6) is 0.610. The van der Waals surface area contributed by atoms with E-state index >= 15 is 0 Å². The molecular formula is C24H46N4O10. The van der Waals surface area contributed by atoms with Crippen LogP contribution in [-0.4, -0.2) is 137 Å². The third-order valence-electron chi connectivity index (χ3n) is 6.97. The van der Waals surface area contributed by atoms with Crippen LogP contribution in [0.3, 0.4) is 0 Å². The molecule has 1 saturated heterocycles. The first-order chi connectivity index (χ1) is 18.0. The second-order valence-corrected chi connectivity index (χ2v) is 10.7. The van der Waals surface area contributed by atoms with E-state index in [1.165, 1.54) is 0 Å². The summed E-state index contributed by atoms with van der Waals surface area (Å²) in [6.45, 7) is 1.89. The number of hydrogen-bond acceptors (Lipinski definition) is 14. The van der Waals surface area contributed by atoms with Gasteiger partial charge in [0.25, 0.3) is 0 Å². The summed E-state index contributed by atoms with van der Waals surface area (Å²) in [4.78, 5) is 0. The van der Waals surface area contributed by atoms with Crippen LogP contribution in [0.1, 0.15) is 32.6 Å². The largest absolute Gasteiger partial charge is 0.468 e. The lowest BCUT2D eigenvalue weighted by Crippen LogP contribution is -2.66. The molecule has 0 aromatic rings. The van der Waals surface area contributed by atoms with Gasteiger partial charge in [0.05, 0.1) is 37.6 Å². The molecule has 11 atom stereocenters. The van der Waals surface area contributed by atoms with Crippen molar-refractivity contribution in [2.75, 3.05) is 39.4 Å². The number of hydrogen-bond donors (Lipinski definition) is 10. The average molecular weight is 551 g/mol. The van der Waals surface area contributed by atoms with Gasteiger partial charge in [0.1, 0.15) is 30.2 Å². The molecule has 0 radical (unpaired) electrons. The maximum absolute atomic E-state index is 11.4. The molecule has 3 aliphatic rings. The fourth-order valence-electron chi connectivity index (χ4n) is 4.90. The van der Waals surface area contributed by atoms with Gasteiger partial charge >= 0.3 is 0 Å². The third kappa shape index (κ3) is 9.02. The molecule has 0 aromatic carbocycles. The van der Waals surface area contributed by atoms with Gasteiger partial charge in [-0.2, -0.15) is 0 Å². The molecule has 2 fully saturated rings. The Hall–Kier alpha value is -0.980. The third-order valence-corrected chi connectivity index (χ3v) is 6.97. The fourth-order valence-corrected chi connectivity index (χ4v) is 4.90. The van der Waals surface area contributed by atoms with E-state index in [4.69, 9.17) is 35.5 Å². The first-order valence-electron chi connectivity index (χ1n) is 13.3. The van der Waals surface area contributed by atoms with Crippen molar-refractivity contribution < 1.29 is 49.6 Å². The van der Waals surface area contributed by atoms with Gasteiger partial charge in [-0.05, 0) is 25.8 Å². The summed E-state index contributed by atoms with van der Waals surface area (Å²) in [5.41, 5.74) is 10.7. The number of nitrogens with two attached hydrogens (primary N) is 2. The van der Waals surface area contributed by atoms with Crippen LogP contribution in [0.2, 0.25) is 0 Å². The molecule has 0 spiro atoms. The van der Waals surface area contributed by atoms with Crippen molar-refractivity contribution in [3.05, 3.63) is 11.8 Å². The summed E-state index contributed by atoms with van der Waals surface area (Å²) in [7, 11) is 0. The number of nitrogens with one attached hydrogen (secondary N) is 2. The van der Waals surface area contributed by atoms with Crippen molar-refractivity contribution in [2.45, 2.75) is 99.5 Å². The lowest BCUT2D eigenvalue weighted by molar-refractivity contribution is -0.297. The van der Waals surface area contributed by atoms with Gasteiger partial charge in [0, 0.05) is 44.6 Å². The normalized spacial score (nSPS) is 39.8. The zero-order chi connectivity index (χ0) is 27.9. The van der Waals surface area contributed by atoms with E-state index in [0.29, 0.717) is 31.6 Å². The van der Waals surface area contributed by atoms with Crippen LogP contribution in [0.15, 0.2) is 11.8 Å².